The fourth-order valence-corrected chi connectivity index (χ4v) is 2.09. The van der Waals surface area contributed by atoms with E-state index in [2.05, 4.69) is 6.58 Å². The van der Waals surface area contributed by atoms with Gasteiger partial charge in [-0.1, -0.05) is 18.2 Å². The minimum absolute atomic E-state index is 0.00641. The van der Waals surface area contributed by atoms with Gasteiger partial charge in [-0.25, -0.2) is 0 Å². The first-order valence-electron chi connectivity index (χ1n) is 5.43. The summed E-state index contributed by atoms with van der Waals surface area (Å²) in [4.78, 5) is 13.5. The molecule has 1 heterocycles. The fourth-order valence-electron chi connectivity index (χ4n) is 1.98. The lowest BCUT2D eigenvalue weighted by atomic mass is 10.1. The number of hydrogen-bond acceptors (Lipinski definition) is 2. The molecule has 0 saturated carbocycles. The van der Waals surface area contributed by atoms with Gasteiger partial charge < -0.3 is 10.0 Å². The zero-order valence-electron chi connectivity index (χ0n) is 9.61. The van der Waals surface area contributed by atoms with Crippen molar-refractivity contribution in [2.45, 2.75) is 13.3 Å². The van der Waals surface area contributed by atoms with Gasteiger partial charge in [0.05, 0.1) is 5.76 Å². The lowest BCUT2D eigenvalue weighted by Gasteiger charge is -2.17. The number of nitrogens with zero attached hydrogens (tertiary/aromatic N) is 1. The summed E-state index contributed by atoms with van der Waals surface area (Å²) in [6.07, 6.45) is 0.316. The number of rotatable bonds is 2. The largest absolute Gasteiger partial charge is 0.513 e. The molecule has 1 amide bonds. The SMILES string of the molecule is C=C(O)C1CC(=O)N(c2ccc(Cl)c(C)c2)C1. The first-order chi connectivity index (χ1) is 7.99. The summed E-state index contributed by atoms with van der Waals surface area (Å²) in [6.45, 7) is 5.87. The summed E-state index contributed by atoms with van der Waals surface area (Å²) in [5.74, 6) is -0.0862. The molecule has 1 atom stereocenters. The van der Waals surface area contributed by atoms with Crippen LogP contribution < -0.4 is 4.90 Å². The normalized spacial score (nSPS) is 19.8. The molecule has 0 spiro atoms. The number of hydrogen-bond donors (Lipinski definition) is 1. The number of amides is 1. The highest BCUT2D eigenvalue weighted by Gasteiger charge is 2.32. The molecule has 1 aliphatic heterocycles. The van der Waals surface area contributed by atoms with Crippen molar-refractivity contribution >= 4 is 23.2 Å². The number of aliphatic hydroxyl groups is 1. The number of halogens is 1. The molecule has 0 aromatic heterocycles. The quantitative estimate of drug-likeness (QED) is 0.821. The Balaban J connectivity index is 2.26. The zero-order chi connectivity index (χ0) is 12.6. The van der Waals surface area contributed by atoms with Crippen LogP contribution >= 0.6 is 11.6 Å². The van der Waals surface area contributed by atoms with Crippen LogP contribution in [0.5, 0.6) is 0 Å². The van der Waals surface area contributed by atoms with Crippen LogP contribution in [0.2, 0.25) is 5.02 Å². The average Bonchev–Trinajstić information content (AvgIpc) is 2.65. The van der Waals surface area contributed by atoms with Crippen LogP contribution in [-0.4, -0.2) is 17.6 Å². The van der Waals surface area contributed by atoms with E-state index in [0.717, 1.165) is 11.3 Å². The maximum absolute atomic E-state index is 11.8. The Morgan fingerprint density at radius 1 is 1.59 bits per heavy atom. The Morgan fingerprint density at radius 3 is 2.82 bits per heavy atom. The molecular weight excluding hydrogens is 238 g/mol. The zero-order valence-corrected chi connectivity index (χ0v) is 10.4. The van der Waals surface area contributed by atoms with Crippen LogP contribution in [-0.2, 0) is 4.79 Å². The number of carbonyl (C=O) groups is 1. The lowest BCUT2D eigenvalue weighted by molar-refractivity contribution is -0.117. The van der Waals surface area contributed by atoms with Gasteiger partial charge in [0.25, 0.3) is 0 Å². The van der Waals surface area contributed by atoms with E-state index in [1.54, 1.807) is 11.0 Å². The van der Waals surface area contributed by atoms with E-state index >= 15 is 0 Å². The number of aryl methyl sites for hydroxylation is 1. The van der Waals surface area contributed by atoms with Gasteiger partial charge in [-0.15, -0.1) is 0 Å². The first kappa shape index (κ1) is 12.0. The van der Waals surface area contributed by atoms with Crippen molar-refractivity contribution in [3.8, 4) is 0 Å². The van der Waals surface area contributed by atoms with E-state index < -0.39 is 0 Å². The maximum atomic E-state index is 11.8. The summed E-state index contributed by atoms with van der Waals surface area (Å²) in [7, 11) is 0. The molecular formula is C13H14ClNO2. The first-order valence-corrected chi connectivity index (χ1v) is 5.81. The standard InChI is InChI=1S/C13H14ClNO2/c1-8-5-11(3-4-12(8)14)15-7-10(9(2)16)6-13(15)17/h3-5,10,16H,2,6-7H2,1H3. The van der Waals surface area contributed by atoms with Crippen molar-refractivity contribution in [1.82, 2.24) is 0 Å². The maximum Gasteiger partial charge on any atom is 0.227 e. The predicted octanol–water partition coefficient (Wildman–Crippen LogP) is 3.07. The second-order valence-electron chi connectivity index (χ2n) is 4.33. The van der Waals surface area contributed by atoms with Crippen LogP contribution in [0.4, 0.5) is 5.69 Å². The molecule has 1 unspecified atom stereocenters. The Kier molecular flexibility index (Phi) is 3.11. The van der Waals surface area contributed by atoms with Crippen LogP contribution in [0.25, 0.3) is 0 Å². The fraction of sp³-hybridized carbons (Fsp3) is 0.308. The van der Waals surface area contributed by atoms with E-state index in [-0.39, 0.29) is 17.6 Å². The van der Waals surface area contributed by atoms with E-state index in [9.17, 15) is 9.90 Å². The topological polar surface area (TPSA) is 40.5 Å². The summed E-state index contributed by atoms with van der Waals surface area (Å²) in [6, 6.07) is 5.47. The van der Waals surface area contributed by atoms with Gasteiger partial charge in [0, 0.05) is 29.6 Å². The minimum Gasteiger partial charge on any atom is -0.513 e. The number of carbonyl (C=O) groups excluding carboxylic acids is 1. The van der Waals surface area contributed by atoms with Crippen molar-refractivity contribution in [3.05, 3.63) is 41.1 Å². The molecule has 90 valence electrons. The Hall–Kier alpha value is -1.48. The molecule has 1 fully saturated rings. The Bertz CT molecular complexity index is 484. The lowest BCUT2D eigenvalue weighted by Crippen LogP contribution is -2.24. The van der Waals surface area contributed by atoms with Gasteiger partial charge in [0.1, 0.15) is 0 Å². The van der Waals surface area contributed by atoms with Gasteiger partial charge in [0.15, 0.2) is 0 Å². The van der Waals surface area contributed by atoms with Crippen molar-refractivity contribution in [3.63, 3.8) is 0 Å². The molecule has 1 saturated heterocycles. The molecule has 0 aliphatic carbocycles. The van der Waals surface area contributed by atoms with Crippen LogP contribution in [0, 0.1) is 12.8 Å². The smallest absolute Gasteiger partial charge is 0.227 e. The van der Waals surface area contributed by atoms with E-state index in [1.807, 2.05) is 19.1 Å². The Labute approximate surface area is 105 Å². The highest BCUT2D eigenvalue weighted by Crippen LogP contribution is 2.30. The third kappa shape index (κ3) is 2.29. The second-order valence-corrected chi connectivity index (χ2v) is 4.74. The van der Waals surface area contributed by atoms with Gasteiger partial charge in [-0.05, 0) is 30.7 Å². The predicted molar refractivity (Wildman–Crippen MR) is 68.4 cm³/mol. The van der Waals surface area contributed by atoms with Gasteiger partial charge in [-0.2, -0.15) is 0 Å². The number of anilines is 1. The van der Waals surface area contributed by atoms with Crippen LogP contribution in [0.1, 0.15) is 12.0 Å². The summed E-state index contributed by atoms with van der Waals surface area (Å²) < 4.78 is 0. The molecule has 17 heavy (non-hydrogen) atoms. The molecule has 1 aromatic rings. The molecule has 4 heteroatoms. The van der Waals surface area contributed by atoms with Gasteiger partial charge >= 0.3 is 0 Å². The van der Waals surface area contributed by atoms with Crippen LogP contribution in [0.15, 0.2) is 30.5 Å². The summed E-state index contributed by atoms with van der Waals surface area (Å²) in [5, 5.41) is 10.0. The van der Waals surface area contributed by atoms with Gasteiger partial charge in [0.2, 0.25) is 5.91 Å². The molecule has 1 aromatic carbocycles. The van der Waals surface area contributed by atoms with E-state index in [0.29, 0.717) is 18.0 Å². The van der Waals surface area contributed by atoms with Crippen LogP contribution in [0.3, 0.4) is 0 Å². The number of benzene rings is 1. The third-order valence-electron chi connectivity index (χ3n) is 3.05. The summed E-state index contributed by atoms with van der Waals surface area (Å²) in [5.41, 5.74) is 1.75. The third-order valence-corrected chi connectivity index (χ3v) is 3.47. The van der Waals surface area contributed by atoms with E-state index in [1.165, 1.54) is 0 Å². The average molecular weight is 252 g/mol. The highest BCUT2D eigenvalue weighted by atomic mass is 35.5. The van der Waals surface area contributed by atoms with Crippen molar-refractivity contribution in [2.24, 2.45) is 5.92 Å². The van der Waals surface area contributed by atoms with Crippen molar-refractivity contribution < 1.29 is 9.90 Å². The second kappa shape index (κ2) is 4.41. The van der Waals surface area contributed by atoms with Crippen molar-refractivity contribution in [1.29, 1.82) is 0 Å². The molecule has 1 N–H and O–H groups in total. The summed E-state index contributed by atoms with van der Waals surface area (Å²) >= 11 is 5.95. The number of aliphatic hydroxyl groups excluding tert-OH is 1. The monoisotopic (exact) mass is 251 g/mol. The van der Waals surface area contributed by atoms with E-state index in [4.69, 9.17) is 11.6 Å². The van der Waals surface area contributed by atoms with Crippen molar-refractivity contribution in [2.75, 3.05) is 11.4 Å². The highest BCUT2D eigenvalue weighted by molar-refractivity contribution is 6.31. The Morgan fingerprint density at radius 2 is 2.29 bits per heavy atom. The molecule has 0 bridgehead atoms. The molecule has 2 rings (SSSR count). The molecule has 3 nitrogen and oxygen atoms in total. The molecule has 1 aliphatic rings. The minimum atomic E-state index is -0.168. The molecule has 0 radical (unpaired) electrons. The van der Waals surface area contributed by atoms with Gasteiger partial charge in [-0.3, -0.25) is 4.79 Å².